The molecule has 4 rings (SSSR count). The fourth-order valence-corrected chi connectivity index (χ4v) is 3.73. The number of hydrogen-bond donors (Lipinski definition) is 2. The molecule has 0 saturated carbocycles. The van der Waals surface area contributed by atoms with Crippen LogP contribution in [0.4, 0.5) is 5.13 Å². The van der Waals surface area contributed by atoms with E-state index in [-0.39, 0.29) is 5.91 Å². The number of fused-ring (bicyclic) bond motifs is 1. The van der Waals surface area contributed by atoms with Crippen molar-refractivity contribution < 1.29 is 14.3 Å². The Morgan fingerprint density at radius 2 is 1.97 bits per heavy atom. The molecule has 2 N–H and O–H groups in total. The number of rotatable bonds is 6. The van der Waals surface area contributed by atoms with Gasteiger partial charge in [-0.05, 0) is 29.8 Å². The number of H-pyrrole nitrogens is 1. The molecule has 4 aromatic rings. The Labute approximate surface area is 171 Å². The highest BCUT2D eigenvalue weighted by atomic mass is 32.1. The summed E-state index contributed by atoms with van der Waals surface area (Å²) in [5, 5.41) is 6.39. The molecule has 2 heterocycles. The van der Waals surface area contributed by atoms with E-state index < -0.39 is 0 Å². The summed E-state index contributed by atoms with van der Waals surface area (Å²) in [7, 11) is 3.16. The number of anilines is 1. The number of nitrogens with one attached hydrogen (secondary N) is 2. The van der Waals surface area contributed by atoms with E-state index in [9.17, 15) is 4.79 Å². The minimum atomic E-state index is -0.250. The molecular formula is C22H19N3O3S. The van der Waals surface area contributed by atoms with E-state index in [4.69, 9.17) is 9.47 Å². The van der Waals surface area contributed by atoms with Gasteiger partial charge in [-0.15, -0.1) is 11.3 Å². The van der Waals surface area contributed by atoms with Crippen LogP contribution in [0.3, 0.4) is 0 Å². The summed E-state index contributed by atoms with van der Waals surface area (Å²) >= 11 is 1.39. The van der Waals surface area contributed by atoms with Crippen LogP contribution in [0.1, 0.15) is 5.56 Å². The Kier molecular flexibility index (Phi) is 5.31. The fraction of sp³-hybridized carbons (Fsp3) is 0.0909. The molecule has 0 aliphatic rings. The lowest BCUT2D eigenvalue weighted by molar-refractivity contribution is -0.111. The summed E-state index contributed by atoms with van der Waals surface area (Å²) in [5.74, 6) is 1.000. The highest BCUT2D eigenvalue weighted by Crippen LogP contribution is 2.31. The molecule has 1 amide bonds. The van der Waals surface area contributed by atoms with Gasteiger partial charge in [0.2, 0.25) is 5.91 Å². The molecule has 0 radical (unpaired) electrons. The molecule has 0 spiro atoms. The average molecular weight is 405 g/mol. The van der Waals surface area contributed by atoms with E-state index in [1.54, 1.807) is 32.4 Å². The van der Waals surface area contributed by atoms with Crippen molar-refractivity contribution in [1.82, 2.24) is 9.97 Å². The van der Waals surface area contributed by atoms with Gasteiger partial charge >= 0.3 is 0 Å². The minimum Gasteiger partial charge on any atom is -0.493 e. The number of hydrogen-bond acceptors (Lipinski definition) is 5. The lowest BCUT2D eigenvalue weighted by Gasteiger charge is -2.07. The van der Waals surface area contributed by atoms with Crippen LogP contribution in [-0.2, 0) is 4.79 Å². The zero-order valence-corrected chi connectivity index (χ0v) is 16.7. The van der Waals surface area contributed by atoms with Gasteiger partial charge in [-0.25, -0.2) is 4.98 Å². The van der Waals surface area contributed by atoms with E-state index in [0.717, 1.165) is 27.7 Å². The first kappa shape index (κ1) is 18.8. The first-order valence-corrected chi connectivity index (χ1v) is 9.79. The van der Waals surface area contributed by atoms with Crippen molar-refractivity contribution in [2.24, 2.45) is 0 Å². The third-order valence-electron chi connectivity index (χ3n) is 4.43. The Bertz CT molecular complexity index is 1190. The van der Waals surface area contributed by atoms with Crippen LogP contribution < -0.4 is 14.8 Å². The lowest BCUT2D eigenvalue weighted by Crippen LogP contribution is -2.07. The van der Waals surface area contributed by atoms with Crippen LogP contribution >= 0.6 is 11.3 Å². The van der Waals surface area contributed by atoms with Gasteiger partial charge in [0, 0.05) is 34.1 Å². The van der Waals surface area contributed by atoms with Gasteiger partial charge in [-0.3, -0.25) is 10.1 Å². The smallest absolute Gasteiger partial charge is 0.250 e. The molecule has 0 saturated heterocycles. The van der Waals surface area contributed by atoms with Crippen molar-refractivity contribution in [1.29, 1.82) is 0 Å². The van der Waals surface area contributed by atoms with Gasteiger partial charge < -0.3 is 14.5 Å². The maximum atomic E-state index is 12.3. The first-order valence-electron chi connectivity index (χ1n) is 8.91. The molecule has 0 atom stereocenters. The van der Waals surface area contributed by atoms with Crippen LogP contribution in [0.25, 0.3) is 28.2 Å². The number of nitrogens with zero attached hydrogens (tertiary/aromatic N) is 1. The monoisotopic (exact) mass is 405 g/mol. The number of methoxy groups -OCH3 is 2. The van der Waals surface area contributed by atoms with Crippen molar-refractivity contribution in [3.05, 3.63) is 65.7 Å². The van der Waals surface area contributed by atoms with Gasteiger partial charge in [0.05, 0.1) is 19.9 Å². The Balaban J connectivity index is 1.46. The largest absolute Gasteiger partial charge is 0.493 e. The third-order valence-corrected chi connectivity index (χ3v) is 5.19. The number of aromatic amines is 1. The summed E-state index contributed by atoms with van der Waals surface area (Å²) in [6, 6.07) is 13.5. The molecule has 29 heavy (non-hydrogen) atoms. The minimum absolute atomic E-state index is 0.250. The number of aromatic nitrogens is 2. The normalized spacial score (nSPS) is 11.1. The van der Waals surface area contributed by atoms with Gasteiger partial charge in [-0.2, -0.15) is 0 Å². The summed E-state index contributed by atoms with van der Waals surface area (Å²) in [4.78, 5) is 20.1. The zero-order chi connectivity index (χ0) is 20.2. The maximum Gasteiger partial charge on any atom is 0.250 e. The second-order valence-corrected chi connectivity index (χ2v) is 7.08. The van der Waals surface area contributed by atoms with Crippen molar-refractivity contribution >= 4 is 39.4 Å². The standard InChI is InChI=1S/C22H19N3O3S/c1-27-19-9-7-14(11-20(19)28-2)8-10-21(26)25-22-24-18(13-29-22)16-12-23-17-6-4-3-5-15(16)17/h3-13,23H,1-2H3,(H,24,25,26). The summed E-state index contributed by atoms with van der Waals surface area (Å²) in [6.45, 7) is 0. The Morgan fingerprint density at radius 1 is 1.14 bits per heavy atom. The van der Waals surface area contributed by atoms with Crippen molar-refractivity contribution in [3.63, 3.8) is 0 Å². The first-order chi connectivity index (χ1) is 14.2. The third kappa shape index (κ3) is 4.00. The highest BCUT2D eigenvalue weighted by molar-refractivity contribution is 7.14. The van der Waals surface area contributed by atoms with E-state index in [2.05, 4.69) is 15.3 Å². The molecule has 7 heteroatoms. The number of carbonyl (C=O) groups is 1. The molecule has 2 aromatic heterocycles. The Morgan fingerprint density at radius 3 is 2.79 bits per heavy atom. The summed E-state index contributed by atoms with van der Waals surface area (Å²) in [6.07, 6.45) is 5.11. The number of amides is 1. The van der Waals surface area contributed by atoms with Gasteiger partial charge in [0.1, 0.15) is 0 Å². The molecule has 0 unspecified atom stereocenters. The predicted molar refractivity (Wildman–Crippen MR) is 117 cm³/mol. The van der Waals surface area contributed by atoms with Crippen LogP contribution in [-0.4, -0.2) is 30.1 Å². The number of thiazole rings is 1. The van der Waals surface area contributed by atoms with Gasteiger partial charge in [-0.1, -0.05) is 24.3 Å². The van der Waals surface area contributed by atoms with E-state index in [1.807, 2.05) is 41.9 Å². The molecule has 0 aliphatic carbocycles. The Hall–Kier alpha value is -3.58. The highest BCUT2D eigenvalue weighted by Gasteiger charge is 2.11. The van der Waals surface area contributed by atoms with Gasteiger partial charge in [0.25, 0.3) is 0 Å². The molecular weight excluding hydrogens is 386 g/mol. The summed E-state index contributed by atoms with van der Waals surface area (Å²) in [5.41, 5.74) is 3.72. The molecule has 146 valence electrons. The second kappa shape index (κ2) is 8.20. The molecule has 0 aliphatic heterocycles. The van der Waals surface area contributed by atoms with E-state index in [0.29, 0.717) is 16.6 Å². The van der Waals surface area contributed by atoms with Crippen LogP contribution in [0.15, 0.2) is 60.1 Å². The summed E-state index contributed by atoms with van der Waals surface area (Å²) < 4.78 is 10.5. The number of para-hydroxylation sites is 1. The average Bonchev–Trinajstić information content (AvgIpc) is 3.38. The molecule has 0 fully saturated rings. The maximum absolute atomic E-state index is 12.3. The zero-order valence-electron chi connectivity index (χ0n) is 15.9. The number of benzene rings is 2. The van der Waals surface area contributed by atoms with Crippen molar-refractivity contribution in [2.75, 3.05) is 19.5 Å². The van der Waals surface area contributed by atoms with Crippen molar-refractivity contribution in [2.45, 2.75) is 0 Å². The molecule has 0 bridgehead atoms. The fourth-order valence-electron chi connectivity index (χ4n) is 3.01. The predicted octanol–water partition coefficient (Wildman–Crippen LogP) is 4.96. The van der Waals surface area contributed by atoms with Crippen LogP contribution in [0.2, 0.25) is 0 Å². The van der Waals surface area contributed by atoms with Crippen LogP contribution in [0.5, 0.6) is 11.5 Å². The van der Waals surface area contributed by atoms with Crippen molar-refractivity contribution in [3.8, 4) is 22.8 Å². The quantitative estimate of drug-likeness (QED) is 0.445. The van der Waals surface area contributed by atoms with Gasteiger partial charge in [0.15, 0.2) is 16.6 Å². The molecule has 6 nitrogen and oxygen atoms in total. The SMILES string of the molecule is COc1ccc(C=CC(=O)Nc2nc(-c3c[nH]c4ccccc34)cs2)cc1OC. The van der Waals surface area contributed by atoms with Crippen LogP contribution in [0, 0.1) is 0 Å². The van der Waals surface area contributed by atoms with E-state index >= 15 is 0 Å². The topological polar surface area (TPSA) is 76.2 Å². The molecule has 2 aromatic carbocycles. The van der Waals surface area contributed by atoms with E-state index in [1.165, 1.54) is 17.4 Å². The number of carbonyl (C=O) groups excluding carboxylic acids is 1. The number of ether oxygens (including phenoxy) is 2. The second-order valence-electron chi connectivity index (χ2n) is 6.22. The lowest BCUT2D eigenvalue weighted by atomic mass is 10.1.